The van der Waals surface area contributed by atoms with Crippen molar-refractivity contribution in [3.05, 3.63) is 274 Å². The molecule has 21 heteroatoms. The van der Waals surface area contributed by atoms with E-state index in [1.54, 1.807) is 133 Å². The van der Waals surface area contributed by atoms with E-state index in [4.69, 9.17) is 14.2 Å². The van der Waals surface area contributed by atoms with Crippen molar-refractivity contribution in [1.82, 2.24) is 0 Å². The number of carbonyl (C=O) groups excluding carboxylic acids is 4. The Morgan fingerprint density at radius 1 is 0.446 bits per heavy atom. The molecule has 0 saturated heterocycles. The van der Waals surface area contributed by atoms with Crippen molar-refractivity contribution < 1.29 is 68.9 Å². The molecule has 518 valence electrons. The highest BCUT2D eigenvalue weighted by Gasteiger charge is 2.55. The van der Waals surface area contributed by atoms with Gasteiger partial charge in [0.25, 0.3) is 30.1 Å². The number of benzene rings is 9. The van der Waals surface area contributed by atoms with Crippen LogP contribution >= 0.6 is 0 Å². The van der Waals surface area contributed by atoms with Gasteiger partial charge in [0.05, 0.1) is 44.2 Å². The van der Waals surface area contributed by atoms with E-state index in [1.807, 2.05) is 42.5 Å². The van der Waals surface area contributed by atoms with E-state index in [9.17, 15) is 54.6 Å². The SMILES string of the molecule is C=C(c1ccccc1)c1cc(NS(=O)(=O)c2ccccc2OC)cc2c1CC(=O)C21CCC1.COc1ccccc1S(=O)(=O)Nc1cc(C(=O)c2ccccc2)c2c(c1)C1(CCC1)C(=O)C2.COc1ccccc1S(=O)(=O)Nc1cc2c(c(C(O)(CO)c3ccccc3)c1)CC(=O)C21CCC1. The Morgan fingerprint density at radius 3 is 1.15 bits per heavy atom. The Morgan fingerprint density at radius 2 is 0.772 bits per heavy atom. The van der Waals surface area contributed by atoms with Crippen LogP contribution in [-0.2, 0) is 85.6 Å². The number of hydrogen-bond donors (Lipinski definition) is 5. The maximum absolute atomic E-state index is 13.4. The van der Waals surface area contributed by atoms with Gasteiger partial charge in [-0.3, -0.25) is 33.3 Å². The molecule has 0 amide bonds. The van der Waals surface area contributed by atoms with Gasteiger partial charge in [-0.25, -0.2) is 25.3 Å². The fourth-order valence-electron chi connectivity index (χ4n) is 15.3. The molecule has 0 aliphatic heterocycles. The summed E-state index contributed by atoms with van der Waals surface area (Å²) in [5.74, 6) is 0.852. The number of sulfonamides is 3. The third kappa shape index (κ3) is 12.4. The number of ketones is 4. The van der Waals surface area contributed by atoms with E-state index in [0.717, 1.165) is 83.9 Å². The number of nitrogens with one attached hydrogen (secondary N) is 3. The van der Waals surface area contributed by atoms with Crippen LogP contribution in [0.3, 0.4) is 0 Å². The molecule has 18 nitrogen and oxygen atoms in total. The zero-order valence-corrected chi connectivity index (χ0v) is 58.3. The number of carbonyl (C=O) groups is 4. The highest BCUT2D eigenvalue weighted by molar-refractivity contribution is 7.93. The number of aliphatic hydroxyl groups excluding tert-OH is 1. The highest BCUT2D eigenvalue weighted by atomic mass is 32.2. The van der Waals surface area contributed by atoms with E-state index in [-0.39, 0.29) is 79.3 Å². The lowest BCUT2D eigenvalue weighted by Crippen LogP contribution is -2.39. The summed E-state index contributed by atoms with van der Waals surface area (Å²) < 4.78 is 103. The number of Topliss-reactive ketones (excluding diaryl/α,β-unsaturated/α-hetero) is 3. The Hall–Kier alpha value is -10.0. The molecule has 0 bridgehead atoms. The summed E-state index contributed by atoms with van der Waals surface area (Å²) in [6, 6.07) is 56.6. The van der Waals surface area contributed by atoms with E-state index in [0.29, 0.717) is 58.3 Å². The van der Waals surface area contributed by atoms with Crippen LogP contribution < -0.4 is 28.4 Å². The van der Waals surface area contributed by atoms with Crippen molar-refractivity contribution in [2.75, 3.05) is 42.1 Å². The van der Waals surface area contributed by atoms with Crippen LogP contribution in [0.4, 0.5) is 17.1 Å². The summed E-state index contributed by atoms with van der Waals surface area (Å²) in [5.41, 5.74) is 6.29. The molecule has 0 aromatic heterocycles. The summed E-state index contributed by atoms with van der Waals surface area (Å²) in [6.45, 7) is 3.67. The first-order valence-corrected chi connectivity index (χ1v) is 37.7. The van der Waals surface area contributed by atoms with E-state index in [2.05, 4.69) is 20.7 Å². The van der Waals surface area contributed by atoms with Gasteiger partial charge in [-0.05, 0) is 173 Å². The molecule has 3 spiro atoms. The molecular weight excluding hydrogens is 1340 g/mol. The van der Waals surface area contributed by atoms with Gasteiger partial charge in [0.1, 0.15) is 54.9 Å². The maximum atomic E-state index is 13.4. The summed E-state index contributed by atoms with van der Waals surface area (Å²) in [4.78, 5) is 52.6. The minimum Gasteiger partial charge on any atom is -0.495 e. The van der Waals surface area contributed by atoms with Crippen LogP contribution in [0.1, 0.15) is 129 Å². The first-order chi connectivity index (χ1) is 48.5. The summed E-state index contributed by atoms with van der Waals surface area (Å²) in [6.07, 6.45) is 7.95. The molecule has 1 unspecified atom stereocenters. The van der Waals surface area contributed by atoms with Crippen LogP contribution in [0.2, 0.25) is 0 Å². The van der Waals surface area contributed by atoms with Gasteiger partial charge >= 0.3 is 0 Å². The number of anilines is 3. The summed E-state index contributed by atoms with van der Waals surface area (Å²) >= 11 is 0. The van der Waals surface area contributed by atoms with Crippen LogP contribution in [-0.4, -0.2) is 86.5 Å². The van der Waals surface area contributed by atoms with E-state index < -0.39 is 58.5 Å². The summed E-state index contributed by atoms with van der Waals surface area (Å²) in [5, 5.41) is 22.1. The van der Waals surface area contributed by atoms with Crippen molar-refractivity contribution in [3.8, 4) is 17.2 Å². The molecule has 3 saturated carbocycles. The average Bonchev–Trinajstić information content (AvgIpc) is 1.59. The van der Waals surface area contributed by atoms with Gasteiger partial charge in [0.15, 0.2) is 5.78 Å². The van der Waals surface area contributed by atoms with Crippen molar-refractivity contribution >= 4 is 75.8 Å². The topological polar surface area (TPSA) is 275 Å². The maximum Gasteiger partial charge on any atom is 0.265 e. The first kappa shape index (κ1) is 69.4. The molecule has 15 rings (SSSR count). The predicted molar refractivity (Wildman–Crippen MR) is 384 cm³/mol. The lowest BCUT2D eigenvalue weighted by atomic mass is 9.64. The van der Waals surface area contributed by atoms with Gasteiger partial charge < -0.3 is 24.4 Å². The number of ether oxygens (including phenoxy) is 3. The normalized spacial score (nSPS) is 16.8. The molecule has 9 aromatic carbocycles. The molecule has 1 atom stereocenters. The molecule has 3 fully saturated rings. The van der Waals surface area contributed by atoms with Crippen LogP contribution in [0, 0.1) is 0 Å². The van der Waals surface area contributed by atoms with Crippen molar-refractivity contribution in [1.29, 1.82) is 0 Å². The second-order valence-electron chi connectivity index (χ2n) is 26.4. The Bertz CT molecular complexity index is 4950. The third-order valence-corrected chi connectivity index (χ3v) is 25.3. The quantitative estimate of drug-likeness (QED) is 0.0471. The standard InChI is InChI=1S/C27H27NO6S.C27H25NO4S.C26H23NO5S/c1-34-23-10-5-6-11-24(23)35(32,33)28-19-14-21-20(16-25(30)26(21)12-7-13-26)22(15-19)27(31,17-29)18-8-3-2-4-9-18;1-18(19-9-4-3-5-10-19)21-15-20(16-23-22(21)17-26(29)27(23)13-8-14-27)28-33(30,31)25-12-7-6-11-24(25)32-2;1-32-22-10-5-6-11-23(22)33(30,31)27-18-14-20(25(29)17-8-3-2-4-9-17)19-16-24(28)26(12-7-13-26)21(19)15-18/h2-6,8-11,14-15,28-29,31H,7,12-13,16-17H2,1H3;3-7,9-12,15-16,28H,1,8,13-14,17H2,2H3;2-6,8-11,14-15,27H,7,12-13,16H2,1H3. The lowest BCUT2D eigenvalue weighted by molar-refractivity contribution is -0.126. The lowest BCUT2D eigenvalue weighted by Gasteiger charge is -2.38. The monoisotopic (exact) mass is 1410 g/mol. The summed E-state index contributed by atoms with van der Waals surface area (Å²) in [7, 11) is -7.70. The van der Waals surface area contributed by atoms with Crippen molar-refractivity contribution in [2.24, 2.45) is 0 Å². The first-order valence-electron chi connectivity index (χ1n) is 33.3. The zero-order valence-electron chi connectivity index (χ0n) is 55.9. The van der Waals surface area contributed by atoms with Crippen LogP contribution in [0.15, 0.2) is 221 Å². The van der Waals surface area contributed by atoms with Crippen molar-refractivity contribution in [3.63, 3.8) is 0 Å². The highest BCUT2D eigenvalue weighted by Crippen LogP contribution is 2.56. The Labute approximate surface area is 587 Å². The van der Waals surface area contributed by atoms with Gasteiger partial charge in [0.2, 0.25) is 0 Å². The molecule has 6 aliphatic rings. The van der Waals surface area contributed by atoms with Crippen LogP contribution in [0.25, 0.3) is 5.57 Å². The molecule has 5 N–H and O–H groups in total. The van der Waals surface area contributed by atoms with Crippen LogP contribution in [0.5, 0.6) is 17.2 Å². The van der Waals surface area contributed by atoms with Gasteiger partial charge in [0, 0.05) is 47.5 Å². The van der Waals surface area contributed by atoms with Gasteiger partial charge in [-0.15, -0.1) is 0 Å². The molecule has 6 aliphatic carbocycles. The number of para-hydroxylation sites is 3. The second-order valence-corrected chi connectivity index (χ2v) is 31.4. The number of methoxy groups -OCH3 is 3. The fourth-order valence-corrected chi connectivity index (χ4v) is 18.9. The largest absolute Gasteiger partial charge is 0.495 e. The minimum absolute atomic E-state index is 0.00151. The second kappa shape index (κ2) is 27.1. The number of fused-ring (bicyclic) bond motifs is 6. The Kier molecular flexibility index (Phi) is 18.7. The Balaban J connectivity index is 0.000000136. The number of hydrogen-bond acceptors (Lipinski definition) is 15. The number of aliphatic hydroxyl groups is 2. The van der Waals surface area contributed by atoms with E-state index in [1.165, 1.54) is 45.6 Å². The predicted octanol–water partition coefficient (Wildman–Crippen LogP) is 12.6. The van der Waals surface area contributed by atoms with E-state index >= 15 is 0 Å². The fraction of sp³-hybridized carbons (Fsp3) is 0.250. The van der Waals surface area contributed by atoms with Gasteiger partial charge in [-0.2, -0.15) is 0 Å². The number of rotatable bonds is 19. The molecule has 0 radical (unpaired) electrons. The minimum atomic E-state index is -4.05. The average molecular weight is 1410 g/mol. The molecular formula is C80H75N3O15S3. The van der Waals surface area contributed by atoms with Gasteiger partial charge in [-0.1, -0.05) is 153 Å². The molecule has 101 heavy (non-hydrogen) atoms. The third-order valence-electron chi connectivity index (χ3n) is 21.0. The molecule has 9 aromatic rings. The van der Waals surface area contributed by atoms with Crippen molar-refractivity contribution in [2.45, 2.75) is 114 Å². The zero-order chi connectivity index (χ0) is 71.3. The molecule has 0 heterocycles. The smallest absolute Gasteiger partial charge is 0.265 e.